The molecule has 0 amide bonds. The van der Waals surface area contributed by atoms with E-state index in [1.54, 1.807) is 18.2 Å². The number of rotatable bonds is 6. The minimum Gasteiger partial charge on any atom is -0.493 e. The van der Waals surface area contributed by atoms with Gasteiger partial charge >= 0.3 is 5.97 Å². The molecular weight excluding hydrogens is 560 g/mol. The zero-order valence-electron chi connectivity index (χ0n) is 23.7. The maximum atomic E-state index is 13.8. The number of fused-ring (bicyclic) bond motifs is 1. The lowest BCUT2D eigenvalue weighted by molar-refractivity contribution is -0.118. The summed E-state index contributed by atoms with van der Waals surface area (Å²) in [7, 11) is 1.42. The molecule has 8 heteroatoms. The van der Waals surface area contributed by atoms with Crippen molar-refractivity contribution in [1.82, 2.24) is 0 Å². The maximum Gasteiger partial charge on any atom is 0.345 e. The topological polar surface area (TPSA) is 78.6 Å². The molecule has 42 heavy (non-hydrogen) atoms. The number of hydrogen-bond acceptors (Lipinski definition) is 5. The molecule has 0 heterocycles. The third-order valence-corrected chi connectivity index (χ3v) is 8.05. The monoisotopic (exact) mass is 589 g/mol. The fraction of sp³-hybridized carbons (Fsp3) is 0.235. The Morgan fingerprint density at radius 1 is 0.976 bits per heavy atom. The highest BCUT2D eigenvalue weighted by Crippen LogP contribution is 2.48. The van der Waals surface area contributed by atoms with Crippen LogP contribution >= 0.6 is 11.6 Å². The first-order valence-corrected chi connectivity index (χ1v) is 13.9. The number of anilines is 1. The van der Waals surface area contributed by atoms with Crippen molar-refractivity contribution in [2.45, 2.75) is 39.5 Å². The summed E-state index contributed by atoms with van der Waals surface area (Å²) >= 11 is 5.95. The number of Topliss-reactive ketones (excluding diaryl/α,β-unsaturated/α-hetero) is 1. The normalized spacial score (nSPS) is 15.5. The molecule has 0 aromatic heterocycles. The van der Waals surface area contributed by atoms with Crippen LogP contribution in [0.3, 0.4) is 0 Å². The summed E-state index contributed by atoms with van der Waals surface area (Å²) in [5.74, 6) is -3.39. The first-order valence-electron chi connectivity index (χ1n) is 13.5. The molecule has 1 aliphatic rings. The number of nitrogen functional groups attached to an aromatic ring is 1. The number of halogens is 3. The third-order valence-electron chi connectivity index (χ3n) is 7.74. The van der Waals surface area contributed by atoms with Crippen LogP contribution in [0, 0.1) is 17.0 Å². The molecule has 0 aliphatic heterocycles. The standard InChI is InChI=1S/C34H30ClF2NO4/c1-18(20-10-12-29(30(13-20)41-4)42-33(40)22-14-25(36)26(37)15-24(22)35)31-23(16-34(2,3)17-28(31)39)32-21-8-6-5-7-19(21)9-11-27(32)38/h5-15,18H,16-17,38H2,1-4H3/t18-/m1/s1. The van der Waals surface area contributed by atoms with Gasteiger partial charge in [0.2, 0.25) is 0 Å². The van der Waals surface area contributed by atoms with Gasteiger partial charge in [-0.2, -0.15) is 0 Å². The number of esters is 1. The molecule has 4 aromatic carbocycles. The van der Waals surface area contributed by atoms with Crippen molar-refractivity contribution in [3.05, 3.63) is 106 Å². The molecule has 5 rings (SSSR count). The molecule has 0 radical (unpaired) electrons. The van der Waals surface area contributed by atoms with E-state index < -0.39 is 17.6 Å². The van der Waals surface area contributed by atoms with Gasteiger partial charge in [0.25, 0.3) is 0 Å². The first-order chi connectivity index (χ1) is 19.9. The first kappa shape index (κ1) is 29.3. The largest absolute Gasteiger partial charge is 0.493 e. The second-order valence-corrected chi connectivity index (χ2v) is 11.8. The molecule has 216 valence electrons. The van der Waals surface area contributed by atoms with Crippen molar-refractivity contribution in [1.29, 1.82) is 0 Å². The fourth-order valence-electron chi connectivity index (χ4n) is 5.72. The maximum absolute atomic E-state index is 13.8. The summed E-state index contributed by atoms with van der Waals surface area (Å²) < 4.78 is 38.2. The number of methoxy groups -OCH3 is 1. The summed E-state index contributed by atoms with van der Waals surface area (Å²) in [5.41, 5.74) is 9.83. The highest BCUT2D eigenvalue weighted by molar-refractivity contribution is 6.33. The molecule has 0 spiro atoms. The van der Waals surface area contributed by atoms with E-state index in [0.29, 0.717) is 36.2 Å². The number of carbonyl (C=O) groups is 2. The van der Waals surface area contributed by atoms with Crippen molar-refractivity contribution >= 4 is 45.4 Å². The van der Waals surface area contributed by atoms with Gasteiger partial charge < -0.3 is 15.2 Å². The Hall–Kier alpha value is -4.23. The Kier molecular flexibility index (Phi) is 7.82. The second kappa shape index (κ2) is 11.2. The van der Waals surface area contributed by atoms with E-state index in [1.165, 1.54) is 7.11 Å². The van der Waals surface area contributed by atoms with E-state index in [-0.39, 0.29) is 39.2 Å². The van der Waals surface area contributed by atoms with E-state index in [0.717, 1.165) is 27.5 Å². The van der Waals surface area contributed by atoms with Crippen LogP contribution in [0.1, 0.15) is 61.0 Å². The number of carbonyl (C=O) groups excluding carboxylic acids is 2. The van der Waals surface area contributed by atoms with Crippen LogP contribution < -0.4 is 15.2 Å². The van der Waals surface area contributed by atoms with E-state index in [9.17, 15) is 18.4 Å². The quantitative estimate of drug-likeness (QED) is 0.105. The molecule has 4 aromatic rings. The average Bonchev–Trinajstić information content (AvgIpc) is 2.93. The van der Waals surface area contributed by atoms with Crippen molar-refractivity contribution in [2.24, 2.45) is 5.41 Å². The number of nitrogens with two attached hydrogens (primary N) is 1. The van der Waals surface area contributed by atoms with Crippen LogP contribution in [0.15, 0.2) is 72.3 Å². The van der Waals surface area contributed by atoms with E-state index in [2.05, 4.69) is 13.8 Å². The van der Waals surface area contributed by atoms with E-state index in [4.69, 9.17) is 26.8 Å². The predicted octanol–water partition coefficient (Wildman–Crippen LogP) is 8.53. The summed E-state index contributed by atoms with van der Waals surface area (Å²) in [6, 6.07) is 18.2. The van der Waals surface area contributed by atoms with E-state index in [1.807, 2.05) is 43.3 Å². The van der Waals surface area contributed by atoms with Gasteiger partial charge in [0, 0.05) is 29.2 Å². The van der Waals surface area contributed by atoms with Crippen LogP contribution in [0.5, 0.6) is 11.5 Å². The van der Waals surface area contributed by atoms with Crippen LogP contribution in [0.4, 0.5) is 14.5 Å². The Morgan fingerprint density at radius 3 is 2.43 bits per heavy atom. The van der Waals surface area contributed by atoms with Gasteiger partial charge in [0.1, 0.15) is 0 Å². The SMILES string of the molecule is COc1cc([C@@H](C)C2=C(c3c(N)ccc4ccccc34)CC(C)(C)CC2=O)ccc1OC(=O)c1cc(F)c(F)cc1Cl. The number of benzene rings is 4. The fourth-order valence-corrected chi connectivity index (χ4v) is 5.95. The predicted molar refractivity (Wildman–Crippen MR) is 161 cm³/mol. The minimum absolute atomic E-state index is 0.0449. The zero-order valence-corrected chi connectivity index (χ0v) is 24.4. The molecule has 1 atom stereocenters. The molecule has 0 fully saturated rings. The van der Waals surface area contributed by atoms with Crippen molar-refractivity contribution < 1.29 is 27.8 Å². The average molecular weight is 590 g/mol. The highest BCUT2D eigenvalue weighted by Gasteiger charge is 2.37. The molecule has 0 saturated heterocycles. The van der Waals surface area contributed by atoms with E-state index >= 15 is 0 Å². The summed E-state index contributed by atoms with van der Waals surface area (Å²) in [6.45, 7) is 6.12. The molecule has 5 nitrogen and oxygen atoms in total. The molecule has 2 N–H and O–H groups in total. The molecule has 0 bridgehead atoms. The van der Waals surface area contributed by atoms with Gasteiger partial charge in [0.05, 0.1) is 17.7 Å². The van der Waals surface area contributed by atoms with Crippen molar-refractivity contribution in [3.8, 4) is 11.5 Å². The Morgan fingerprint density at radius 2 is 1.69 bits per heavy atom. The number of hydrogen-bond donors (Lipinski definition) is 1. The third kappa shape index (κ3) is 5.49. The Bertz CT molecular complexity index is 1780. The van der Waals surface area contributed by atoms with Crippen LogP contribution in [0.2, 0.25) is 5.02 Å². The summed E-state index contributed by atoms with van der Waals surface area (Å²) in [4.78, 5) is 26.6. The van der Waals surface area contributed by atoms with Gasteiger partial charge in [-0.1, -0.05) is 68.8 Å². The number of ketones is 1. The Labute approximate surface area is 247 Å². The zero-order chi connectivity index (χ0) is 30.3. The summed E-state index contributed by atoms with van der Waals surface area (Å²) in [6.07, 6.45) is 1.06. The van der Waals surface area contributed by atoms with Gasteiger partial charge in [-0.15, -0.1) is 0 Å². The lowest BCUT2D eigenvalue weighted by Gasteiger charge is -2.35. The molecular formula is C34H30ClF2NO4. The Balaban J connectivity index is 1.57. The van der Waals surface area contributed by atoms with Crippen molar-refractivity contribution in [3.63, 3.8) is 0 Å². The minimum atomic E-state index is -1.22. The van der Waals surface area contributed by atoms with Gasteiger partial charge in [-0.05, 0) is 64.1 Å². The second-order valence-electron chi connectivity index (χ2n) is 11.4. The molecule has 0 unspecified atom stereocenters. The summed E-state index contributed by atoms with van der Waals surface area (Å²) in [5, 5.41) is 1.73. The van der Waals surface area contributed by atoms with Gasteiger partial charge in [-0.3, -0.25) is 4.79 Å². The van der Waals surface area contributed by atoms with Gasteiger partial charge in [0.15, 0.2) is 28.9 Å². The van der Waals surface area contributed by atoms with Crippen molar-refractivity contribution in [2.75, 3.05) is 12.8 Å². The number of ether oxygens (including phenoxy) is 2. The van der Waals surface area contributed by atoms with Gasteiger partial charge in [-0.25, -0.2) is 13.6 Å². The molecule has 0 saturated carbocycles. The lowest BCUT2D eigenvalue weighted by Crippen LogP contribution is -2.27. The molecule has 1 aliphatic carbocycles. The lowest BCUT2D eigenvalue weighted by atomic mass is 9.68. The smallest absolute Gasteiger partial charge is 0.345 e. The van der Waals surface area contributed by atoms with Crippen LogP contribution in [0.25, 0.3) is 16.3 Å². The highest BCUT2D eigenvalue weighted by atomic mass is 35.5. The van der Waals surface area contributed by atoms with Crippen LogP contribution in [-0.2, 0) is 4.79 Å². The number of allylic oxidation sites excluding steroid dienone is 2. The van der Waals surface area contributed by atoms with Crippen LogP contribution in [-0.4, -0.2) is 18.9 Å².